The Labute approximate surface area is 111 Å². The zero-order chi connectivity index (χ0) is 13.1. The average molecular weight is 310 g/mol. The van der Waals surface area contributed by atoms with Crippen molar-refractivity contribution < 1.29 is 9.18 Å². The fourth-order valence-electron chi connectivity index (χ4n) is 1.39. The second kappa shape index (κ2) is 5.14. The molecule has 1 amide bonds. The number of amides is 1. The van der Waals surface area contributed by atoms with E-state index in [0.29, 0.717) is 10.2 Å². The number of rotatable bonds is 2. The van der Waals surface area contributed by atoms with Crippen molar-refractivity contribution in [2.24, 2.45) is 0 Å². The third-order valence-electron chi connectivity index (χ3n) is 2.26. The van der Waals surface area contributed by atoms with Crippen LogP contribution in [-0.4, -0.2) is 10.9 Å². The number of nitrogens with one attached hydrogen (secondary N) is 1. The summed E-state index contributed by atoms with van der Waals surface area (Å²) in [5.41, 5.74) is 6.17. The quantitative estimate of drug-likeness (QED) is 0.896. The first-order valence-electron chi connectivity index (χ1n) is 5.05. The van der Waals surface area contributed by atoms with Gasteiger partial charge in [0.05, 0.1) is 11.3 Å². The zero-order valence-corrected chi connectivity index (χ0v) is 10.7. The molecule has 1 heterocycles. The van der Waals surface area contributed by atoms with Crippen molar-refractivity contribution in [3.05, 3.63) is 52.4 Å². The average Bonchev–Trinajstić information content (AvgIpc) is 2.34. The minimum Gasteiger partial charge on any atom is -0.383 e. The van der Waals surface area contributed by atoms with E-state index in [1.54, 1.807) is 12.1 Å². The van der Waals surface area contributed by atoms with Crippen molar-refractivity contribution in [2.45, 2.75) is 0 Å². The van der Waals surface area contributed by atoms with Gasteiger partial charge in [-0.05, 0) is 46.3 Å². The van der Waals surface area contributed by atoms with Gasteiger partial charge in [0.2, 0.25) is 0 Å². The first-order valence-corrected chi connectivity index (χ1v) is 5.84. The van der Waals surface area contributed by atoms with Gasteiger partial charge in [0, 0.05) is 10.7 Å². The maximum Gasteiger partial charge on any atom is 0.259 e. The molecule has 0 aliphatic heterocycles. The van der Waals surface area contributed by atoms with Crippen LogP contribution < -0.4 is 11.1 Å². The van der Waals surface area contributed by atoms with Crippen molar-refractivity contribution in [3.63, 3.8) is 0 Å². The van der Waals surface area contributed by atoms with Gasteiger partial charge in [-0.25, -0.2) is 9.37 Å². The smallest absolute Gasteiger partial charge is 0.259 e. The van der Waals surface area contributed by atoms with E-state index in [9.17, 15) is 9.18 Å². The number of nitrogens with zero attached hydrogens (tertiary/aromatic N) is 1. The Morgan fingerprint density at radius 2 is 2.17 bits per heavy atom. The van der Waals surface area contributed by atoms with E-state index in [4.69, 9.17) is 5.73 Å². The molecular weight excluding hydrogens is 301 g/mol. The number of carbonyl (C=O) groups excluding carboxylic acids is 1. The summed E-state index contributed by atoms with van der Waals surface area (Å²) >= 11 is 3.22. The van der Waals surface area contributed by atoms with Gasteiger partial charge >= 0.3 is 0 Å². The number of nitrogen functional groups attached to an aromatic ring is 1. The molecule has 92 valence electrons. The summed E-state index contributed by atoms with van der Waals surface area (Å²) in [6.45, 7) is 0. The zero-order valence-electron chi connectivity index (χ0n) is 9.15. The van der Waals surface area contributed by atoms with Crippen molar-refractivity contribution in [1.29, 1.82) is 0 Å². The normalized spacial score (nSPS) is 10.1. The Bertz CT molecular complexity index is 604. The van der Waals surface area contributed by atoms with Gasteiger partial charge in [0.1, 0.15) is 11.6 Å². The largest absolute Gasteiger partial charge is 0.383 e. The third kappa shape index (κ3) is 2.65. The number of pyridine rings is 1. The lowest BCUT2D eigenvalue weighted by atomic mass is 10.2. The van der Waals surface area contributed by atoms with Gasteiger partial charge in [-0.2, -0.15) is 0 Å². The second-order valence-corrected chi connectivity index (χ2v) is 4.37. The molecule has 0 saturated carbocycles. The van der Waals surface area contributed by atoms with E-state index in [1.165, 1.54) is 24.4 Å². The summed E-state index contributed by atoms with van der Waals surface area (Å²) in [5, 5.41) is 2.56. The van der Waals surface area contributed by atoms with Crippen LogP contribution in [0.3, 0.4) is 0 Å². The third-order valence-corrected chi connectivity index (χ3v) is 2.95. The van der Waals surface area contributed by atoms with Crippen molar-refractivity contribution in [2.75, 3.05) is 11.1 Å². The highest BCUT2D eigenvalue weighted by atomic mass is 79.9. The van der Waals surface area contributed by atoms with Crippen molar-refractivity contribution >= 4 is 33.3 Å². The number of carbonyl (C=O) groups is 1. The molecule has 2 aromatic rings. The van der Waals surface area contributed by atoms with E-state index in [-0.39, 0.29) is 11.4 Å². The number of nitrogens with two attached hydrogens (primary N) is 1. The SMILES string of the molecule is Nc1ncccc1C(=O)Nc1cc(F)ccc1Br. The summed E-state index contributed by atoms with van der Waals surface area (Å²) in [6.07, 6.45) is 1.49. The number of aromatic nitrogens is 1. The standard InChI is InChI=1S/C12H9BrFN3O/c13-9-4-3-7(14)6-10(9)17-12(18)8-2-1-5-16-11(8)15/h1-6H,(H2,15,16)(H,17,18). The molecule has 4 nitrogen and oxygen atoms in total. The molecule has 1 aromatic carbocycles. The topological polar surface area (TPSA) is 68.0 Å². The fourth-order valence-corrected chi connectivity index (χ4v) is 1.74. The summed E-state index contributed by atoms with van der Waals surface area (Å²) in [4.78, 5) is 15.7. The lowest BCUT2D eigenvalue weighted by Crippen LogP contribution is -2.15. The van der Waals surface area contributed by atoms with Crippen LogP contribution >= 0.6 is 15.9 Å². The second-order valence-electron chi connectivity index (χ2n) is 3.51. The van der Waals surface area contributed by atoms with Crippen molar-refractivity contribution in [3.8, 4) is 0 Å². The molecule has 0 bridgehead atoms. The highest BCUT2D eigenvalue weighted by Crippen LogP contribution is 2.24. The van der Waals surface area contributed by atoms with E-state index < -0.39 is 11.7 Å². The maximum absolute atomic E-state index is 13.1. The Morgan fingerprint density at radius 1 is 1.39 bits per heavy atom. The monoisotopic (exact) mass is 309 g/mol. The molecule has 0 aliphatic rings. The molecule has 0 aliphatic carbocycles. The van der Waals surface area contributed by atoms with Crippen LogP contribution in [0.4, 0.5) is 15.9 Å². The predicted octanol–water partition coefficient (Wildman–Crippen LogP) is 2.82. The summed E-state index contributed by atoms with van der Waals surface area (Å²) < 4.78 is 13.7. The highest BCUT2D eigenvalue weighted by Gasteiger charge is 2.12. The minimum atomic E-state index is -0.438. The van der Waals surface area contributed by atoms with E-state index >= 15 is 0 Å². The Balaban J connectivity index is 2.27. The molecule has 0 unspecified atom stereocenters. The molecule has 0 radical (unpaired) electrons. The van der Waals surface area contributed by atoms with Crippen LogP contribution in [0.5, 0.6) is 0 Å². The molecule has 0 spiro atoms. The molecule has 1 aromatic heterocycles. The Hall–Kier alpha value is -1.95. The van der Waals surface area contributed by atoms with Gasteiger partial charge in [-0.1, -0.05) is 0 Å². The van der Waals surface area contributed by atoms with Gasteiger partial charge < -0.3 is 11.1 Å². The molecule has 0 fully saturated rings. The lowest BCUT2D eigenvalue weighted by Gasteiger charge is -2.08. The fraction of sp³-hybridized carbons (Fsp3) is 0. The summed E-state index contributed by atoms with van der Waals surface area (Å²) in [6, 6.07) is 7.17. The first kappa shape index (κ1) is 12.5. The molecule has 2 rings (SSSR count). The van der Waals surface area contributed by atoms with Gasteiger partial charge in [-0.3, -0.25) is 4.79 Å². The van der Waals surface area contributed by atoms with Crippen LogP contribution in [0, 0.1) is 5.82 Å². The number of hydrogen-bond donors (Lipinski definition) is 2. The number of anilines is 2. The molecule has 0 saturated heterocycles. The van der Waals surface area contributed by atoms with Crippen molar-refractivity contribution in [1.82, 2.24) is 4.98 Å². The van der Waals surface area contributed by atoms with Gasteiger partial charge in [-0.15, -0.1) is 0 Å². The van der Waals surface area contributed by atoms with Gasteiger partial charge in [0.25, 0.3) is 5.91 Å². The molecule has 18 heavy (non-hydrogen) atoms. The minimum absolute atomic E-state index is 0.127. The van der Waals surface area contributed by atoms with Crippen LogP contribution in [-0.2, 0) is 0 Å². The van der Waals surface area contributed by atoms with E-state index in [1.807, 2.05) is 0 Å². The van der Waals surface area contributed by atoms with Crippen LogP contribution in [0.2, 0.25) is 0 Å². The summed E-state index contributed by atoms with van der Waals surface area (Å²) in [5.74, 6) is -0.748. The number of halogens is 2. The van der Waals surface area contributed by atoms with Crippen LogP contribution in [0.1, 0.15) is 10.4 Å². The Kier molecular flexibility index (Phi) is 3.57. The van der Waals surface area contributed by atoms with Crippen LogP contribution in [0.25, 0.3) is 0 Å². The first-order chi connectivity index (χ1) is 8.58. The van der Waals surface area contributed by atoms with E-state index in [2.05, 4.69) is 26.2 Å². The van der Waals surface area contributed by atoms with E-state index in [0.717, 1.165) is 0 Å². The molecule has 0 atom stereocenters. The molecular formula is C12H9BrFN3O. The lowest BCUT2D eigenvalue weighted by molar-refractivity contribution is 0.102. The molecule has 3 N–H and O–H groups in total. The van der Waals surface area contributed by atoms with Gasteiger partial charge in [0.15, 0.2) is 0 Å². The highest BCUT2D eigenvalue weighted by molar-refractivity contribution is 9.10. The number of benzene rings is 1. The molecule has 6 heteroatoms. The number of hydrogen-bond acceptors (Lipinski definition) is 3. The summed E-state index contributed by atoms with van der Waals surface area (Å²) in [7, 11) is 0. The Morgan fingerprint density at radius 3 is 2.89 bits per heavy atom. The van der Waals surface area contributed by atoms with Crippen LogP contribution in [0.15, 0.2) is 41.0 Å². The predicted molar refractivity (Wildman–Crippen MR) is 70.7 cm³/mol. The maximum atomic E-state index is 13.1.